The minimum Gasteiger partial charge on any atom is -0.454 e. The SMILES string of the molecule is Cc1cccc2c(=O)[nH]c(COC(=O)c3ccccc3SCc3cscn3)nc12. The van der Waals surface area contributed by atoms with Gasteiger partial charge in [-0.3, -0.25) is 4.79 Å². The van der Waals surface area contributed by atoms with E-state index in [-0.39, 0.29) is 12.2 Å². The molecule has 2 heterocycles. The lowest BCUT2D eigenvalue weighted by Crippen LogP contribution is -2.15. The van der Waals surface area contributed by atoms with Crippen LogP contribution in [0.5, 0.6) is 0 Å². The third-order valence-electron chi connectivity index (χ3n) is 4.29. The third kappa shape index (κ3) is 4.38. The molecule has 0 radical (unpaired) electrons. The number of fused-ring (bicyclic) bond motifs is 1. The van der Waals surface area contributed by atoms with Gasteiger partial charge in [-0.05, 0) is 30.7 Å². The molecule has 0 bridgehead atoms. The first kappa shape index (κ1) is 19.4. The fourth-order valence-corrected chi connectivity index (χ4v) is 4.46. The highest BCUT2D eigenvalue weighted by atomic mass is 32.2. The standard InChI is InChI=1S/C21H17N3O3S2/c1-13-5-4-7-16-19(13)23-18(24-20(16)25)9-27-21(26)15-6-2-3-8-17(15)29-11-14-10-28-12-22-14/h2-8,10,12H,9,11H2,1H3,(H,23,24,25). The molecule has 0 fully saturated rings. The Hall–Kier alpha value is -2.97. The highest BCUT2D eigenvalue weighted by molar-refractivity contribution is 7.98. The maximum Gasteiger partial charge on any atom is 0.339 e. The van der Waals surface area contributed by atoms with Crippen LogP contribution in [0.4, 0.5) is 0 Å². The van der Waals surface area contributed by atoms with E-state index in [1.807, 2.05) is 36.6 Å². The van der Waals surface area contributed by atoms with Crippen LogP contribution < -0.4 is 5.56 Å². The molecule has 0 spiro atoms. The van der Waals surface area contributed by atoms with E-state index in [2.05, 4.69) is 15.0 Å². The van der Waals surface area contributed by atoms with Gasteiger partial charge in [0.15, 0.2) is 0 Å². The molecule has 2 aromatic heterocycles. The third-order valence-corrected chi connectivity index (χ3v) is 6.04. The van der Waals surface area contributed by atoms with Crippen molar-refractivity contribution in [1.82, 2.24) is 15.0 Å². The van der Waals surface area contributed by atoms with Crippen molar-refractivity contribution >= 4 is 40.0 Å². The second kappa shape index (κ2) is 8.59. The number of aryl methyl sites for hydroxylation is 1. The van der Waals surface area contributed by atoms with Crippen LogP contribution in [-0.4, -0.2) is 20.9 Å². The van der Waals surface area contributed by atoms with Gasteiger partial charge in [-0.25, -0.2) is 14.8 Å². The van der Waals surface area contributed by atoms with Crippen molar-refractivity contribution in [3.8, 4) is 0 Å². The molecular formula is C21H17N3O3S2. The number of ether oxygens (including phenoxy) is 1. The largest absolute Gasteiger partial charge is 0.454 e. The van der Waals surface area contributed by atoms with E-state index in [1.165, 1.54) is 11.8 Å². The molecule has 1 N–H and O–H groups in total. The first-order chi connectivity index (χ1) is 14.1. The summed E-state index contributed by atoms with van der Waals surface area (Å²) in [6.07, 6.45) is 0. The molecule has 6 nitrogen and oxygen atoms in total. The average Bonchev–Trinajstić information content (AvgIpc) is 3.25. The minimum atomic E-state index is -0.459. The maximum absolute atomic E-state index is 12.6. The Morgan fingerprint density at radius 1 is 1.21 bits per heavy atom. The lowest BCUT2D eigenvalue weighted by molar-refractivity contribution is 0.0458. The second-order valence-corrected chi connectivity index (χ2v) is 8.06. The fraction of sp³-hybridized carbons (Fsp3) is 0.143. The molecule has 0 saturated heterocycles. The first-order valence-electron chi connectivity index (χ1n) is 8.86. The van der Waals surface area contributed by atoms with Crippen LogP contribution >= 0.6 is 23.1 Å². The van der Waals surface area contributed by atoms with Gasteiger partial charge in [0.25, 0.3) is 5.56 Å². The van der Waals surface area contributed by atoms with E-state index in [9.17, 15) is 9.59 Å². The van der Waals surface area contributed by atoms with Gasteiger partial charge in [-0.2, -0.15) is 0 Å². The molecule has 29 heavy (non-hydrogen) atoms. The molecule has 0 saturated carbocycles. The average molecular weight is 424 g/mol. The molecule has 0 aliphatic heterocycles. The number of benzene rings is 2. The van der Waals surface area contributed by atoms with E-state index in [1.54, 1.807) is 35.0 Å². The van der Waals surface area contributed by atoms with Gasteiger partial charge in [0.05, 0.1) is 27.7 Å². The van der Waals surface area contributed by atoms with Crippen LogP contribution in [0.2, 0.25) is 0 Å². The zero-order valence-corrected chi connectivity index (χ0v) is 17.2. The number of aromatic nitrogens is 3. The van der Waals surface area contributed by atoms with Gasteiger partial charge >= 0.3 is 5.97 Å². The highest BCUT2D eigenvalue weighted by Crippen LogP contribution is 2.27. The number of nitrogens with zero attached hydrogens (tertiary/aromatic N) is 2. The molecule has 4 aromatic rings. The predicted octanol–water partition coefficient (Wildman–Crippen LogP) is 4.34. The van der Waals surface area contributed by atoms with Gasteiger partial charge in [-0.1, -0.05) is 24.3 Å². The Labute approximate surface area is 175 Å². The highest BCUT2D eigenvalue weighted by Gasteiger charge is 2.15. The van der Waals surface area contributed by atoms with Crippen molar-refractivity contribution in [2.75, 3.05) is 0 Å². The van der Waals surface area contributed by atoms with Crippen LogP contribution in [0, 0.1) is 6.92 Å². The van der Waals surface area contributed by atoms with Crippen LogP contribution in [0.3, 0.4) is 0 Å². The Balaban J connectivity index is 1.50. The van der Waals surface area contributed by atoms with Gasteiger partial charge in [0, 0.05) is 16.0 Å². The number of hydrogen-bond acceptors (Lipinski definition) is 7. The minimum absolute atomic E-state index is 0.108. The number of hydrogen-bond donors (Lipinski definition) is 1. The molecule has 0 amide bonds. The molecule has 0 unspecified atom stereocenters. The normalized spacial score (nSPS) is 10.9. The molecule has 0 aliphatic rings. The summed E-state index contributed by atoms with van der Waals surface area (Å²) in [5, 5.41) is 2.50. The van der Waals surface area contributed by atoms with E-state index in [4.69, 9.17) is 4.74 Å². The maximum atomic E-state index is 12.6. The Kier molecular flexibility index (Phi) is 5.73. The quantitative estimate of drug-likeness (QED) is 0.367. The number of thioether (sulfide) groups is 1. The number of para-hydroxylation sites is 1. The summed E-state index contributed by atoms with van der Waals surface area (Å²) < 4.78 is 5.44. The Morgan fingerprint density at radius 2 is 2.07 bits per heavy atom. The molecule has 0 atom stereocenters. The number of carbonyl (C=O) groups excluding carboxylic acids is 1. The number of carbonyl (C=O) groups is 1. The number of aromatic amines is 1. The van der Waals surface area contributed by atoms with Crippen LogP contribution in [-0.2, 0) is 17.1 Å². The van der Waals surface area contributed by atoms with Gasteiger partial charge in [0.1, 0.15) is 12.4 Å². The van der Waals surface area contributed by atoms with Crippen LogP contribution in [0.25, 0.3) is 10.9 Å². The smallest absolute Gasteiger partial charge is 0.339 e. The van der Waals surface area contributed by atoms with Gasteiger partial charge < -0.3 is 9.72 Å². The molecule has 2 aromatic carbocycles. The second-order valence-electron chi connectivity index (χ2n) is 6.32. The zero-order chi connectivity index (χ0) is 20.2. The lowest BCUT2D eigenvalue weighted by Gasteiger charge is -2.09. The van der Waals surface area contributed by atoms with Gasteiger partial charge in [-0.15, -0.1) is 23.1 Å². The fourth-order valence-electron chi connectivity index (χ4n) is 2.85. The summed E-state index contributed by atoms with van der Waals surface area (Å²) in [4.78, 5) is 37.1. The number of esters is 1. The molecule has 8 heteroatoms. The number of rotatable bonds is 6. The summed E-state index contributed by atoms with van der Waals surface area (Å²) in [7, 11) is 0. The number of H-pyrrole nitrogens is 1. The van der Waals surface area contributed by atoms with Crippen molar-refractivity contribution in [2.24, 2.45) is 0 Å². The monoisotopic (exact) mass is 423 g/mol. The molecular weight excluding hydrogens is 406 g/mol. The Morgan fingerprint density at radius 3 is 2.90 bits per heavy atom. The molecule has 4 rings (SSSR count). The summed E-state index contributed by atoms with van der Waals surface area (Å²) in [5.74, 6) is 0.531. The number of thiazole rings is 1. The van der Waals surface area contributed by atoms with E-state index in [0.29, 0.717) is 28.0 Å². The van der Waals surface area contributed by atoms with Crippen LogP contribution in [0.1, 0.15) is 27.4 Å². The Bertz CT molecular complexity index is 1220. The summed E-state index contributed by atoms with van der Waals surface area (Å²) in [6.45, 7) is 1.78. The first-order valence-corrected chi connectivity index (χ1v) is 10.8. The van der Waals surface area contributed by atoms with E-state index < -0.39 is 5.97 Å². The zero-order valence-electron chi connectivity index (χ0n) is 15.5. The summed E-state index contributed by atoms with van der Waals surface area (Å²) in [6, 6.07) is 12.7. The molecule has 0 aliphatic carbocycles. The molecule has 146 valence electrons. The summed E-state index contributed by atoms with van der Waals surface area (Å²) in [5.41, 5.74) is 4.49. The summed E-state index contributed by atoms with van der Waals surface area (Å²) >= 11 is 3.07. The van der Waals surface area contributed by atoms with E-state index >= 15 is 0 Å². The van der Waals surface area contributed by atoms with E-state index in [0.717, 1.165) is 16.2 Å². The van der Waals surface area contributed by atoms with Crippen molar-refractivity contribution in [1.29, 1.82) is 0 Å². The van der Waals surface area contributed by atoms with Crippen molar-refractivity contribution in [3.05, 3.63) is 86.4 Å². The van der Waals surface area contributed by atoms with Crippen LogP contribution in [0.15, 0.2) is 63.0 Å². The topological polar surface area (TPSA) is 84.9 Å². The lowest BCUT2D eigenvalue weighted by atomic mass is 10.1. The number of nitrogens with one attached hydrogen (secondary N) is 1. The van der Waals surface area contributed by atoms with Crippen molar-refractivity contribution in [3.63, 3.8) is 0 Å². The van der Waals surface area contributed by atoms with Gasteiger partial charge in [0.2, 0.25) is 0 Å². The predicted molar refractivity (Wildman–Crippen MR) is 114 cm³/mol. The van der Waals surface area contributed by atoms with Crippen molar-refractivity contribution < 1.29 is 9.53 Å². The van der Waals surface area contributed by atoms with Crippen molar-refractivity contribution in [2.45, 2.75) is 24.2 Å².